The molecule has 0 aromatic rings. The maximum atomic E-state index is 11.3. The minimum atomic E-state index is -3.02. The maximum Gasteiger partial charge on any atom is 0.151 e. The van der Waals surface area contributed by atoms with Gasteiger partial charge in [-0.3, -0.25) is 11.3 Å². The number of nitrogens with two attached hydrogens (primary N) is 1. The van der Waals surface area contributed by atoms with Crippen molar-refractivity contribution in [2.24, 2.45) is 11.8 Å². The molecular weight excluding hydrogens is 200 g/mol. The van der Waals surface area contributed by atoms with Crippen LogP contribution in [0, 0.1) is 5.92 Å². The Morgan fingerprint density at radius 1 is 1.36 bits per heavy atom. The molecule has 3 N–H and O–H groups in total. The number of rotatable bonds is 6. The Balaban J connectivity index is 4.56. The fourth-order valence-corrected chi connectivity index (χ4v) is 2.54. The molecule has 86 valence electrons. The first kappa shape index (κ1) is 13.9. The largest absolute Gasteiger partial charge is 0.271 e. The van der Waals surface area contributed by atoms with Gasteiger partial charge >= 0.3 is 0 Å². The van der Waals surface area contributed by atoms with E-state index in [1.165, 1.54) is 6.26 Å². The van der Waals surface area contributed by atoms with E-state index in [2.05, 4.69) is 12.3 Å². The van der Waals surface area contributed by atoms with E-state index >= 15 is 0 Å². The van der Waals surface area contributed by atoms with Crippen molar-refractivity contribution in [1.29, 1.82) is 0 Å². The molecule has 3 unspecified atom stereocenters. The van der Waals surface area contributed by atoms with E-state index in [1.54, 1.807) is 6.92 Å². The van der Waals surface area contributed by atoms with Crippen LogP contribution in [0.25, 0.3) is 0 Å². The molecule has 0 aliphatic carbocycles. The van der Waals surface area contributed by atoms with Crippen molar-refractivity contribution in [1.82, 2.24) is 5.43 Å². The molecule has 0 radical (unpaired) electrons. The second-order valence-corrected chi connectivity index (χ2v) is 6.40. The molecule has 0 amide bonds. The molecule has 0 saturated carbocycles. The highest BCUT2D eigenvalue weighted by atomic mass is 32.2. The van der Waals surface area contributed by atoms with Gasteiger partial charge in [0.25, 0.3) is 0 Å². The van der Waals surface area contributed by atoms with Gasteiger partial charge in [-0.15, -0.1) is 0 Å². The topological polar surface area (TPSA) is 72.2 Å². The third-order valence-corrected chi connectivity index (χ3v) is 4.37. The summed E-state index contributed by atoms with van der Waals surface area (Å²) in [5.41, 5.74) is 2.61. The van der Waals surface area contributed by atoms with Crippen LogP contribution in [0.2, 0.25) is 0 Å². The molecule has 0 aliphatic rings. The molecule has 0 heterocycles. The molecular formula is C9H22N2O2S. The van der Waals surface area contributed by atoms with Gasteiger partial charge in [-0.05, 0) is 19.3 Å². The zero-order chi connectivity index (χ0) is 11.4. The van der Waals surface area contributed by atoms with E-state index in [-0.39, 0.29) is 12.0 Å². The van der Waals surface area contributed by atoms with Gasteiger partial charge in [-0.1, -0.05) is 20.3 Å². The van der Waals surface area contributed by atoms with Crippen LogP contribution in [-0.2, 0) is 9.84 Å². The Morgan fingerprint density at radius 2 is 1.86 bits per heavy atom. The lowest BCUT2D eigenvalue weighted by molar-refractivity contribution is 0.350. The van der Waals surface area contributed by atoms with Crippen molar-refractivity contribution in [2.45, 2.75) is 44.9 Å². The predicted molar refractivity (Wildman–Crippen MR) is 59.5 cm³/mol. The van der Waals surface area contributed by atoms with E-state index < -0.39 is 15.1 Å². The number of sulfone groups is 1. The summed E-state index contributed by atoms with van der Waals surface area (Å²) in [6, 6.07) is -0.162. The molecule has 0 aliphatic heterocycles. The Morgan fingerprint density at radius 3 is 2.14 bits per heavy atom. The third-order valence-electron chi connectivity index (χ3n) is 2.73. The zero-order valence-electron chi connectivity index (χ0n) is 9.45. The van der Waals surface area contributed by atoms with Gasteiger partial charge < -0.3 is 0 Å². The van der Waals surface area contributed by atoms with Crippen LogP contribution in [0.15, 0.2) is 0 Å². The van der Waals surface area contributed by atoms with E-state index in [9.17, 15) is 8.42 Å². The van der Waals surface area contributed by atoms with Crippen LogP contribution in [0.3, 0.4) is 0 Å². The highest BCUT2D eigenvalue weighted by Gasteiger charge is 2.28. The van der Waals surface area contributed by atoms with Crippen LogP contribution in [0.1, 0.15) is 33.6 Å². The summed E-state index contributed by atoms with van der Waals surface area (Å²) in [4.78, 5) is 0. The average molecular weight is 222 g/mol. The summed E-state index contributed by atoms with van der Waals surface area (Å²) in [6.07, 6.45) is 3.27. The molecule has 0 fully saturated rings. The monoisotopic (exact) mass is 222 g/mol. The van der Waals surface area contributed by atoms with Crippen LogP contribution in [0.5, 0.6) is 0 Å². The molecule has 3 atom stereocenters. The van der Waals surface area contributed by atoms with Gasteiger partial charge in [0.2, 0.25) is 0 Å². The van der Waals surface area contributed by atoms with Gasteiger partial charge in [-0.2, -0.15) is 0 Å². The molecule has 0 aromatic carbocycles. The predicted octanol–water partition coefficient (Wildman–Crippen LogP) is 0.688. The second-order valence-electron chi connectivity index (χ2n) is 3.99. The summed E-state index contributed by atoms with van der Waals surface area (Å²) in [5.74, 6) is 5.66. The Kier molecular flexibility index (Phi) is 5.63. The highest BCUT2D eigenvalue weighted by molar-refractivity contribution is 7.91. The van der Waals surface area contributed by atoms with E-state index in [0.717, 1.165) is 12.8 Å². The third kappa shape index (κ3) is 3.94. The lowest BCUT2D eigenvalue weighted by Gasteiger charge is -2.27. The number of hydrazine groups is 1. The van der Waals surface area contributed by atoms with E-state index in [0.29, 0.717) is 0 Å². The normalized spacial score (nSPS) is 18.9. The van der Waals surface area contributed by atoms with E-state index in [1.807, 2.05) is 6.92 Å². The smallest absolute Gasteiger partial charge is 0.151 e. The SMILES string of the molecule is CCCC(C)C(NN)C(C)S(C)(=O)=O. The number of nitrogens with one attached hydrogen (secondary N) is 1. The van der Waals surface area contributed by atoms with Crippen molar-refractivity contribution in [2.75, 3.05) is 6.26 Å². The van der Waals surface area contributed by atoms with Gasteiger partial charge in [0, 0.05) is 12.3 Å². The second kappa shape index (κ2) is 5.68. The lowest BCUT2D eigenvalue weighted by Crippen LogP contribution is -2.49. The number of hydrogen-bond donors (Lipinski definition) is 2. The molecule has 4 nitrogen and oxygen atoms in total. The van der Waals surface area contributed by atoms with Crippen molar-refractivity contribution >= 4 is 9.84 Å². The minimum absolute atomic E-state index is 0.162. The van der Waals surface area contributed by atoms with Gasteiger partial charge in [0.1, 0.15) is 0 Å². The summed E-state index contributed by atoms with van der Waals surface area (Å²) < 4.78 is 22.7. The molecule has 0 bridgehead atoms. The van der Waals surface area contributed by atoms with Crippen molar-refractivity contribution in [3.8, 4) is 0 Å². The van der Waals surface area contributed by atoms with Crippen LogP contribution in [0.4, 0.5) is 0 Å². The first-order valence-electron chi connectivity index (χ1n) is 4.99. The minimum Gasteiger partial charge on any atom is -0.271 e. The van der Waals surface area contributed by atoms with Crippen LogP contribution >= 0.6 is 0 Å². The Labute approximate surface area is 87.1 Å². The molecule has 0 rings (SSSR count). The van der Waals surface area contributed by atoms with Crippen LogP contribution < -0.4 is 11.3 Å². The maximum absolute atomic E-state index is 11.3. The Bertz CT molecular complexity index is 252. The molecule has 5 heteroatoms. The quantitative estimate of drug-likeness (QED) is 0.512. The summed E-state index contributed by atoms with van der Waals surface area (Å²) in [7, 11) is -3.02. The molecule has 0 spiro atoms. The highest BCUT2D eigenvalue weighted by Crippen LogP contribution is 2.17. The molecule has 0 aromatic heterocycles. The first-order valence-corrected chi connectivity index (χ1v) is 6.95. The fourth-order valence-electron chi connectivity index (χ4n) is 1.66. The lowest BCUT2D eigenvalue weighted by atomic mass is 9.95. The Hall–Kier alpha value is -0.130. The summed E-state index contributed by atoms with van der Waals surface area (Å²) in [6.45, 7) is 5.80. The van der Waals surface area contributed by atoms with Crippen molar-refractivity contribution in [3.05, 3.63) is 0 Å². The first-order chi connectivity index (χ1) is 6.34. The standard InChI is InChI=1S/C9H22N2O2S/c1-5-6-7(2)9(11-10)8(3)14(4,12)13/h7-9,11H,5-6,10H2,1-4H3. The molecule has 0 saturated heterocycles. The van der Waals surface area contributed by atoms with Crippen molar-refractivity contribution < 1.29 is 8.42 Å². The van der Waals surface area contributed by atoms with Crippen LogP contribution in [-0.4, -0.2) is 26.0 Å². The van der Waals surface area contributed by atoms with Gasteiger partial charge in [-0.25, -0.2) is 8.42 Å². The van der Waals surface area contributed by atoms with Crippen molar-refractivity contribution in [3.63, 3.8) is 0 Å². The number of hydrogen-bond acceptors (Lipinski definition) is 4. The fraction of sp³-hybridized carbons (Fsp3) is 1.00. The van der Waals surface area contributed by atoms with E-state index in [4.69, 9.17) is 5.84 Å². The van der Waals surface area contributed by atoms with Gasteiger partial charge in [0.15, 0.2) is 9.84 Å². The zero-order valence-corrected chi connectivity index (χ0v) is 10.3. The summed E-state index contributed by atoms with van der Waals surface area (Å²) in [5, 5.41) is -0.436. The molecule has 14 heavy (non-hydrogen) atoms. The average Bonchev–Trinajstić information content (AvgIpc) is 2.04. The summed E-state index contributed by atoms with van der Waals surface area (Å²) >= 11 is 0. The van der Waals surface area contributed by atoms with Gasteiger partial charge in [0.05, 0.1) is 5.25 Å².